The summed E-state index contributed by atoms with van der Waals surface area (Å²) in [5.74, 6) is 0.158. The Kier molecular flexibility index (Phi) is 7.85. The van der Waals surface area contributed by atoms with Crippen molar-refractivity contribution in [1.82, 2.24) is 14.6 Å². The van der Waals surface area contributed by atoms with E-state index in [4.69, 9.17) is 4.84 Å². The Morgan fingerprint density at radius 3 is 2.56 bits per heavy atom. The average molecular weight is 516 g/mol. The number of carbonyl (C=O) groups excluding carboxylic acids is 1. The lowest BCUT2D eigenvalue weighted by Gasteiger charge is -2.35. The highest BCUT2D eigenvalue weighted by Gasteiger charge is 2.44. The lowest BCUT2D eigenvalue weighted by Crippen LogP contribution is -2.50. The van der Waals surface area contributed by atoms with Crippen LogP contribution in [0.25, 0.3) is 0 Å². The molecule has 36 heavy (non-hydrogen) atoms. The van der Waals surface area contributed by atoms with Gasteiger partial charge in [-0.1, -0.05) is 29.4 Å². The van der Waals surface area contributed by atoms with E-state index in [9.17, 15) is 23.1 Å². The largest absolute Gasteiger partial charge is 0.480 e. The monoisotopic (exact) mass is 515 g/mol. The number of nitrogens with zero attached hydrogens (tertiary/aromatic N) is 3. The van der Waals surface area contributed by atoms with Gasteiger partial charge in [0.2, 0.25) is 16.4 Å². The van der Waals surface area contributed by atoms with Crippen molar-refractivity contribution in [3.05, 3.63) is 54.7 Å². The summed E-state index contributed by atoms with van der Waals surface area (Å²) in [6.07, 6.45) is 5.83. The molecule has 1 aromatic heterocycles. The standard InChI is InChI=1S/C24H29N5O6S/c30-17-29(16-20(23(31)32)28-36(33,34)19-6-2-1-3-7-19)22-14-24(35-27-22)11-9-18(10-12-24)15-26-21-8-4-5-13-25-21/h1-8,13,17-18,20,28H,9-12,14-16H2,(H,25,26)(H,31,32)/t18?,20-,24?/m0/s1. The fraction of sp³-hybridized carbons (Fsp3) is 0.417. The van der Waals surface area contributed by atoms with Crippen LogP contribution in [-0.4, -0.2) is 66.4 Å². The van der Waals surface area contributed by atoms with E-state index in [-0.39, 0.29) is 4.90 Å². The number of nitrogens with one attached hydrogen (secondary N) is 2. The smallest absolute Gasteiger partial charge is 0.323 e. The molecule has 1 atom stereocenters. The van der Waals surface area contributed by atoms with Crippen molar-refractivity contribution >= 4 is 34.1 Å². The summed E-state index contributed by atoms with van der Waals surface area (Å²) in [6.45, 7) is 0.378. The van der Waals surface area contributed by atoms with Crippen molar-refractivity contribution in [2.75, 3.05) is 18.4 Å². The molecule has 3 N–H and O–H groups in total. The van der Waals surface area contributed by atoms with Crippen LogP contribution in [0.15, 0.2) is 64.8 Å². The average Bonchev–Trinajstić information content (AvgIpc) is 3.30. The van der Waals surface area contributed by atoms with Crippen LogP contribution in [0.2, 0.25) is 0 Å². The number of oxime groups is 1. The SMILES string of the molecule is O=CN(C[C@H](NS(=O)(=O)c1ccccc1)C(=O)O)C1=NOC2(CCC(CNc3ccccn3)CC2)C1. The first-order valence-corrected chi connectivity index (χ1v) is 13.2. The Morgan fingerprint density at radius 1 is 1.19 bits per heavy atom. The molecule has 192 valence electrons. The van der Waals surface area contributed by atoms with E-state index in [2.05, 4.69) is 20.2 Å². The number of carboxylic acids is 1. The van der Waals surface area contributed by atoms with Crippen LogP contribution in [-0.2, 0) is 24.4 Å². The maximum Gasteiger partial charge on any atom is 0.323 e. The number of aromatic nitrogens is 1. The lowest BCUT2D eigenvalue weighted by atomic mass is 9.77. The number of hydrogen-bond acceptors (Lipinski definition) is 8. The normalized spacial score (nSPS) is 22.3. The number of carbonyl (C=O) groups is 2. The number of aliphatic carboxylic acids is 1. The number of hydrogen-bond donors (Lipinski definition) is 3. The van der Waals surface area contributed by atoms with E-state index in [1.54, 1.807) is 12.3 Å². The molecule has 2 aromatic rings. The molecule has 0 bridgehead atoms. The van der Waals surface area contributed by atoms with Crippen molar-refractivity contribution in [3.8, 4) is 0 Å². The maximum absolute atomic E-state index is 12.6. The number of amidine groups is 1. The summed E-state index contributed by atoms with van der Waals surface area (Å²) in [5, 5.41) is 17.1. The van der Waals surface area contributed by atoms with Crippen LogP contribution >= 0.6 is 0 Å². The highest BCUT2D eigenvalue weighted by atomic mass is 32.2. The highest BCUT2D eigenvalue weighted by molar-refractivity contribution is 7.89. The number of rotatable bonds is 10. The minimum absolute atomic E-state index is 0.0660. The molecule has 1 fully saturated rings. The maximum atomic E-state index is 12.6. The zero-order chi connectivity index (χ0) is 25.6. The number of amides is 1. The number of carboxylic acid groups (broad SMARTS) is 1. The quantitative estimate of drug-likeness (QED) is 0.407. The second-order valence-electron chi connectivity index (χ2n) is 9.08. The number of anilines is 1. The molecule has 0 unspecified atom stereocenters. The summed E-state index contributed by atoms with van der Waals surface area (Å²) in [5.41, 5.74) is -0.541. The van der Waals surface area contributed by atoms with Crippen LogP contribution < -0.4 is 10.0 Å². The molecule has 1 spiro atoms. The Bertz CT molecular complexity index is 1180. The predicted octanol–water partition coefficient (Wildman–Crippen LogP) is 2.05. The van der Waals surface area contributed by atoms with E-state index >= 15 is 0 Å². The van der Waals surface area contributed by atoms with E-state index in [0.29, 0.717) is 24.6 Å². The zero-order valence-electron chi connectivity index (χ0n) is 19.6. The van der Waals surface area contributed by atoms with Gasteiger partial charge in [-0.2, -0.15) is 4.72 Å². The molecule has 4 rings (SSSR count). The summed E-state index contributed by atoms with van der Waals surface area (Å²) < 4.78 is 27.4. The summed E-state index contributed by atoms with van der Waals surface area (Å²) in [7, 11) is -4.10. The molecule has 1 aliphatic carbocycles. The molecule has 1 amide bonds. The minimum atomic E-state index is -4.10. The lowest BCUT2D eigenvalue weighted by molar-refractivity contribution is -0.139. The molecule has 1 aliphatic heterocycles. The van der Waals surface area contributed by atoms with Gasteiger partial charge in [0.05, 0.1) is 17.9 Å². The van der Waals surface area contributed by atoms with Crippen LogP contribution in [0.1, 0.15) is 32.1 Å². The molecule has 2 aliphatic rings. The first-order valence-electron chi connectivity index (χ1n) is 11.7. The van der Waals surface area contributed by atoms with Crippen LogP contribution in [0, 0.1) is 5.92 Å². The summed E-state index contributed by atoms with van der Waals surface area (Å²) in [4.78, 5) is 34.7. The van der Waals surface area contributed by atoms with E-state index in [1.165, 1.54) is 24.3 Å². The zero-order valence-corrected chi connectivity index (χ0v) is 20.4. The Labute approximate surface area is 209 Å². The van der Waals surface area contributed by atoms with Gasteiger partial charge in [0.15, 0.2) is 5.84 Å². The van der Waals surface area contributed by atoms with Crippen LogP contribution in [0.4, 0.5) is 5.82 Å². The second kappa shape index (κ2) is 11.0. The van der Waals surface area contributed by atoms with Crippen molar-refractivity contribution in [2.45, 2.75) is 48.6 Å². The van der Waals surface area contributed by atoms with Gasteiger partial charge in [-0.25, -0.2) is 13.4 Å². The summed E-state index contributed by atoms with van der Waals surface area (Å²) in [6, 6.07) is 11.6. The van der Waals surface area contributed by atoms with Gasteiger partial charge in [-0.05, 0) is 55.9 Å². The first-order chi connectivity index (χ1) is 17.3. The first kappa shape index (κ1) is 25.6. The van der Waals surface area contributed by atoms with Gasteiger partial charge in [-0.3, -0.25) is 14.5 Å². The molecule has 0 saturated heterocycles. The fourth-order valence-electron chi connectivity index (χ4n) is 4.47. The summed E-state index contributed by atoms with van der Waals surface area (Å²) >= 11 is 0. The number of benzene rings is 1. The van der Waals surface area contributed by atoms with Gasteiger partial charge in [0.1, 0.15) is 17.5 Å². The second-order valence-corrected chi connectivity index (χ2v) is 10.8. The number of pyridine rings is 1. The van der Waals surface area contributed by atoms with Gasteiger partial charge < -0.3 is 15.3 Å². The molecule has 12 heteroatoms. The fourth-order valence-corrected chi connectivity index (χ4v) is 5.68. The van der Waals surface area contributed by atoms with Gasteiger partial charge in [0, 0.05) is 12.7 Å². The van der Waals surface area contributed by atoms with Crippen LogP contribution in [0.5, 0.6) is 0 Å². The van der Waals surface area contributed by atoms with Crippen LogP contribution in [0.3, 0.4) is 0 Å². The third kappa shape index (κ3) is 6.18. The third-order valence-corrected chi connectivity index (χ3v) is 8.05. The Morgan fingerprint density at radius 2 is 1.92 bits per heavy atom. The molecule has 1 saturated carbocycles. The minimum Gasteiger partial charge on any atom is -0.480 e. The topological polar surface area (TPSA) is 150 Å². The predicted molar refractivity (Wildman–Crippen MR) is 132 cm³/mol. The van der Waals surface area contributed by atoms with Crippen molar-refractivity contribution < 1.29 is 28.0 Å². The highest BCUT2D eigenvalue weighted by Crippen LogP contribution is 2.41. The van der Waals surface area contributed by atoms with E-state index in [0.717, 1.165) is 42.9 Å². The van der Waals surface area contributed by atoms with E-state index < -0.39 is 34.2 Å². The molecular formula is C24H29N5O6S. The van der Waals surface area contributed by atoms with Crippen molar-refractivity contribution in [3.63, 3.8) is 0 Å². The molecular weight excluding hydrogens is 486 g/mol. The van der Waals surface area contributed by atoms with Crippen molar-refractivity contribution in [1.29, 1.82) is 0 Å². The Hall–Kier alpha value is -3.51. The Balaban J connectivity index is 1.32. The van der Waals surface area contributed by atoms with E-state index in [1.807, 2.05) is 18.2 Å². The molecule has 11 nitrogen and oxygen atoms in total. The van der Waals surface area contributed by atoms with Gasteiger partial charge in [-0.15, -0.1) is 0 Å². The molecule has 0 radical (unpaired) electrons. The molecule has 1 aromatic carbocycles. The van der Waals surface area contributed by atoms with Gasteiger partial charge in [0.25, 0.3) is 0 Å². The third-order valence-electron chi connectivity index (χ3n) is 6.57. The number of sulfonamides is 1. The molecule has 2 heterocycles. The van der Waals surface area contributed by atoms with Gasteiger partial charge >= 0.3 is 5.97 Å². The van der Waals surface area contributed by atoms with Crippen molar-refractivity contribution in [2.24, 2.45) is 11.1 Å².